The smallest absolute Gasteiger partial charge is 0.0820 e. The van der Waals surface area contributed by atoms with Gasteiger partial charge in [-0.2, -0.15) is 5.10 Å². The lowest BCUT2D eigenvalue weighted by Crippen LogP contribution is -2.08. The summed E-state index contributed by atoms with van der Waals surface area (Å²) in [6, 6.07) is 18.2. The molecule has 4 heteroatoms. The number of aliphatic imine (C=N–C) groups is 1. The van der Waals surface area contributed by atoms with E-state index < -0.39 is 0 Å². The minimum absolute atomic E-state index is 0.608. The maximum atomic E-state index is 6.23. The SMILES string of the molecule is Cc1cc2n(n1)-c1ccc(Cl)cc1C(c1ccccc1)=NC2. The van der Waals surface area contributed by atoms with Crippen LogP contribution in [-0.4, -0.2) is 15.5 Å². The average molecular weight is 308 g/mol. The van der Waals surface area contributed by atoms with Gasteiger partial charge in [-0.1, -0.05) is 41.9 Å². The van der Waals surface area contributed by atoms with Gasteiger partial charge in [0, 0.05) is 16.1 Å². The van der Waals surface area contributed by atoms with Crippen LogP contribution in [0.15, 0.2) is 59.6 Å². The number of benzene rings is 2. The van der Waals surface area contributed by atoms with E-state index in [-0.39, 0.29) is 0 Å². The summed E-state index contributed by atoms with van der Waals surface area (Å²) in [7, 11) is 0. The van der Waals surface area contributed by atoms with Gasteiger partial charge in [-0.3, -0.25) is 4.99 Å². The molecule has 108 valence electrons. The van der Waals surface area contributed by atoms with Crippen LogP contribution in [0.5, 0.6) is 0 Å². The minimum atomic E-state index is 0.608. The van der Waals surface area contributed by atoms with Gasteiger partial charge in [-0.25, -0.2) is 4.68 Å². The van der Waals surface area contributed by atoms with Crippen LogP contribution in [0.25, 0.3) is 5.69 Å². The maximum absolute atomic E-state index is 6.23. The Hall–Kier alpha value is -2.39. The highest BCUT2D eigenvalue weighted by atomic mass is 35.5. The molecule has 2 aromatic carbocycles. The second-order valence-electron chi connectivity index (χ2n) is 5.38. The molecule has 0 amide bonds. The monoisotopic (exact) mass is 307 g/mol. The van der Waals surface area contributed by atoms with E-state index in [1.54, 1.807) is 0 Å². The number of hydrogen-bond donors (Lipinski definition) is 0. The Balaban J connectivity index is 1.99. The standard InChI is InChI=1S/C18H14ClN3/c1-12-9-15-11-20-18(13-5-3-2-4-6-13)16-10-14(19)7-8-17(16)22(15)21-12/h2-10H,11H2,1H3. The van der Waals surface area contributed by atoms with E-state index >= 15 is 0 Å². The van der Waals surface area contributed by atoms with Gasteiger partial charge in [0.05, 0.1) is 29.3 Å². The number of halogens is 1. The van der Waals surface area contributed by atoms with Crippen molar-refractivity contribution in [3.63, 3.8) is 0 Å². The predicted octanol–water partition coefficient (Wildman–Crippen LogP) is 4.19. The highest BCUT2D eigenvalue weighted by Gasteiger charge is 2.20. The van der Waals surface area contributed by atoms with E-state index in [9.17, 15) is 0 Å². The summed E-state index contributed by atoms with van der Waals surface area (Å²) >= 11 is 6.23. The quantitative estimate of drug-likeness (QED) is 0.663. The fraction of sp³-hybridized carbons (Fsp3) is 0.111. The van der Waals surface area contributed by atoms with Crippen molar-refractivity contribution in [1.82, 2.24) is 9.78 Å². The molecule has 0 bridgehead atoms. The highest BCUT2D eigenvalue weighted by Crippen LogP contribution is 2.27. The minimum Gasteiger partial charge on any atom is -0.278 e. The van der Waals surface area contributed by atoms with E-state index in [1.807, 2.05) is 48.0 Å². The number of aromatic nitrogens is 2. The van der Waals surface area contributed by atoms with E-state index in [2.05, 4.69) is 23.3 Å². The summed E-state index contributed by atoms with van der Waals surface area (Å²) in [5.74, 6) is 0. The first-order valence-corrected chi connectivity index (χ1v) is 7.56. The van der Waals surface area contributed by atoms with Crippen molar-refractivity contribution in [1.29, 1.82) is 0 Å². The summed E-state index contributed by atoms with van der Waals surface area (Å²) in [6.45, 7) is 2.61. The van der Waals surface area contributed by atoms with Crippen LogP contribution < -0.4 is 0 Å². The maximum Gasteiger partial charge on any atom is 0.0820 e. The second-order valence-corrected chi connectivity index (χ2v) is 5.82. The first kappa shape index (κ1) is 13.3. The number of fused-ring (bicyclic) bond motifs is 3. The zero-order valence-corrected chi connectivity index (χ0v) is 12.9. The molecule has 0 saturated carbocycles. The molecule has 0 fully saturated rings. The van der Waals surface area contributed by atoms with E-state index in [1.165, 1.54) is 0 Å². The fourth-order valence-corrected chi connectivity index (χ4v) is 3.02. The van der Waals surface area contributed by atoms with Crippen molar-refractivity contribution in [2.75, 3.05) is 0 Å². The van der Waals surface area contributed by atoms with E-state index in [4.69, 9.17) is 16.6 Å². The van der Waals surface area contributed by atoms with Gasteiger partial charge < -0.3 is 0 Å². The molecule has 4 rings (SSSR count). The third-order valence-corrected chi connectivity index (χ3v) is 4.03. The molecule has 0 saturated heterocycles. The molecule has 22 heavy (non-hydrogen) atoms. The second kappa shape index (κ2) is 5.11. The molecule has 0 atom stereocenters. The number of hydrogen-bond acceptors (Lipinski definition) is 2. The van der Waals surface area contributed by atoms with Gasteiger partial charge in [0.2, 0.25) is 0 Å². The molecule has 1 aliphatic rings. The lowest BCUT2D eigenvalue weighted by Gasteiger charge is -2.11. The molecule has 2 heterocycles. The molecule has 0 unspecified atom stereocenters. The summed E-state index contributed by atoms with van der Waals surface area (Å²) < 4.78 is 1.97. The highest BCUT2D eigenvalue weighted by molar-refractivity contribution is 6.31. The van der Waals surface area contributed by atoms with Gasteiger partial charge in [0.15, 0.2) is 0 Å². The van der Waals surface area contributed by atoms with Crippen molar-refractivity contribution in [2.24, 2.45) is 4.99 Å². The topological polar surface area (TPSA) is 30.2 Å². The summed E-state index contributed by atoms with van der Waals surface area (Å²) in [5, 5.41) is 5.31. The van der Waals surface area contributed by atoms with Crippen molar-refractivity contribution < 1.29 is 0 Å². The molecule has 0 radical (unpaired) electrons. The van der Waals surface area contributed by atoms with Crippen LogP contribution in [-0.2, 0) is 6.54 Å². The zero-order chi connectivity index (χ0) is 15.1. The van der Waals surface area contributed by atoms with Crippen LogP contribution in [0.4, 0.5) is 0 Å². The Kier molecular flexibility index (Phi) is 3.09. The van der Waals surface area contributed by atoms with Crippen LogP contribution in [0.1, 0.15) is 22.5 Å². The van der Waals surface area contributed by atoms with Crippen LogP contribution in [0.3, 0.4) is 0 Å². The third kappa shape index (κ3) is 2.14. The molecular weight excluding hydrogens is 294 g/mol. The molecule has 0 N–H and O–H groups in total. The first-order valence-electron chi connectivity index (χ1n) is 7.18. The normalized spacial score (nSPS) is 13.1. The molecule has 3 nitrogen and oxygen atoms in total. The fourth-order valence-electron chi connectivity index (χ4n) is 2.84. The van der Waals surface area contributed by atoms with Gasteiger partial charge in [0.25, 0.3) is 0 Å². The summed E-state index contributed by atoms with van der Waals surface area (Å²) in [6.07, 6.45) is 0. The van der Waals surface area contributed by atoms with E-state index in [0.717, 1.165) is 33.9 Å². The van der Waals surface area contributed by atoms with Crippen LogP contribution in [0, 0.1) is 6.92 Å². The van der Waals surface area contributed by atoms with Gasteiger partial charge in [-0.15, -0.1) is 0 Å². The number of aryl methyl sites for hydroxylation is 1. The number of nitrogens with zero attached hydrogens (tertiary/aromatic N) is 3. The Morgan fingerprint density at radius 3 is 2.68 bits per heavy atom. The first-order chi connectivity index (χ1) is 10.7. The molecule has 1 aromatic heterocycles. The molecule has 0 aliphatic carbocycles. The Bertz CT molecular complexity index is 879. The van der Waals surface area contributed by atoms with Crippen molar-refractivity contribution in [3.8, 4) is 5.69 Å². The zero-order valence-electron chi connectivity index (χ0n) is 12.1. The molecular formula is C18H14ClN3. The number of rotatable bonds is 1. The largest absolute Gasteiger partial charge is 0.278 e. The Labute approximate surface area is 133 Å². The van der Waals surface area contributed by atoms with Gasteiger partial charge in [0.1, 0.15) is 0 Å². The van der Waals surface area contributed by atoms with Gasteiger partial charge in [-0.05, 0) is 31.2 Å². The Morgan fingerprint density at radius 2 is 1.86 bits per heavy atom. The molecule has 1 aliphatic heterocycles. The molecule has 0 spiro atoms. The lowest BCUT2D eigenvalue weighted by molar-refractivity contribution is 0.803. The summed E-state index contributed by atoms with van der Waals surface area (Å²) in [4.78, 5) is 4.83. The Morgan fingerprint density at radius 1 is 1.05 bits per heavy atom. The third-order valence-electron chi connectivity index (χ3n) is 3.79. The lowest BCUT2D eigenvalue weighted by atomic mass is 10.0. The summed E-state index contributed by atoms with van der Waals surface area (Å²) in [5.41, 5.74) is 6.17. The van der Waals surface area contributed by atoms with Crippen molar-refractivity contribution in [3.05, 3.63) is 82.1 Å². The average Bonchev–Trinajstić information content (AvgIpc) is 2.83. The van der Waals surface area contributed by atoms with Gasteiger partial charge >= 0.3 is 0 Å². The van der Waals surface area contributed by atoms with Crippen LogP contribution in [0.2, 0.25) is 5.02 Å². The van der Waals surface area contributed by atoms with Crippen molar-refractivity contribution >= 4 is 17.3 Å². The molecule has 3 aromatic rings. The predicted molar refractivity (Wildman–Crippen MR) is 89.1 cm³/mol. The van der Waals surface area contributed by atoms with E-state index in [0.29, 0.717) is 11.6 Å². The van der Waals surface area contributed by atoms with Crippen LogP contribution >= 0.6 is 11.6 Å². The van der Waals surface area contributed by atoms with Crippen molar-refractivity contribution in [2.45, 2.75) is 13.5 Å².